The molecule has 2 heterocycles. The van der Waals surface area contributed by atoms with Gasteiger partial charge in [-0.05, 0) is 30.9 Å². The highest BCUT2D eigenvalue weighted by Crippen LogP contribution is 2.25. The summed E-state index contributed by atoms with van der Waals surface area (Å²) in [4.78, 5) is 16.5. The number of hydrogen-bond acceptors (Lipinski definition) is 4. The maximum absolute atomic E-state index is 12.4. The molecule has 2 N–H and O–H groups in total. The Kier molecular flexibility index (Phi) is 5.25. The van der Waals surface area contributed by atoms with Gasteiger partial charge in [-0.2, -0.15) is 5.10 Å². The highest BCUT2D eigenvalue weighted by molar-refractivity contribution is 5.94. The fraction of sp³-hybridized carbons (Fsp3) is 0.500. The Bertz CT molecular complexity index is 652. The molecule has 0 radical (unpaired) electrons. The molecule has 2 unspecified atom stereocenters. The van der Waals surface area contributed by atoms with Crippen LogP contribution in [0.2, 0.25) is 0 Å². The number of carbonyl (C=O) groups is 1. The standard InChI is InChI=1S/C18H24N4O2/c1-12(2)16-15(4-3-9-24-16)10-19-18(23)14-7-5-13(6-8-14)17-20-11-21-22-17/h5-8,11-12,15-16H,3-4,9-10H2,1-2H3,(H,19,23)(H,20,21,22). The van der Waals surface area contributed by atoms with E-state index in [4.69, 9.17) is 4.74 Å². The zero-order valence-electron chi connectivity index (χ0n) is 14.2. The molecular formula is C18H24N4O2. The average Bonchev–Trinajstić information content (AvgIpc) is 3.14. The molecule has 1 amide bonds. The van der Waals surface area contributed by atoms with Crippen molar-refractivity contribution in [3.8, 4) is 11.4 Å². The molecule has 1 saturated heterocycles. The third-order valence-corrected chi connectivity index (χ3v) is 4.51. The van der Waals surface area contributed by atoms with Crippen molar-refractivity contribution >= 4 is 5.91 Å². The van der Waals surface area contributed by atoms with E-state index in [0.29, 0.717) is 29.8 Å². The smallest absolute Gasteiger partial charge is 0.251 e. The van der Waals surface area contributed by atoms with Crippen LogP contribution in [0, 0.1) is 11.8 Å². The highest BCUT2D eigenvalue weighted by Gasteiger charge is 2.28. The molecule has 0 spiro atoms. The second-order valence-electron chi connectivity index (χ2n) is 6.60. The van der Waals surface area contributed by atoms with Crippen LogP contribution in [0.3, 0.4) is 0 Å². The Morgan fingerprint density at radius 2 is 2.17 bits per heavy atom. The molecule has 0 bridgehead atoms. The zero-order chi connectivity index (χ0) is 16.9. The maximum Gasteiger partial charge on any atom is 0.251 e. The second kappa shape index (κ2) is 7.57. The van der Waals surface area contributed by atoms with Crippen molar-refractivity contribution in [3.63, 3.8) is 0 Å². The molecule has 1 aliphatic heterocycles. The number of H-pyrrole nitrogens is 1. The van der Waals surface area contributed by atoms with Crippen molar-refractivity contribution in [1.82, 2.24) is 20.5 Å². The fourth-order valence-electron chi connectivity index (χ4n) is 3.27. The maximum atomic E-state index is 12.4. The molecule has 1 fully saturated rings. The van der Waals surface area contributed by atoms with E-state index in [0.717, 1.165) is 25.0 Å². The molecule has 2 atom stereocenters. The first-order valence-electron chi connectivity index (χ1n) is 8.50. The molecule has 2 aromatic rings. The first-order valence-corrected chi connectivity index (χ1v) is 8.50. The minimum atomic E-state index is -0.0489. The molecule has 1 aromatic heterocycles. The number of benzene rings is 1. The second-order valence-corrected chi connectivity index (χ2v) is 6.60. The summed E-state index contributed by atoms with van der Waals surface area (Å²) < 4.78 is 5.88. The number of ether oxygens (including phenoxy) is 1. The minimum absolute atomic E-state index is 0.0489. The third-order valence-electron chi connectivity index (χ3n) is 4.51. The van der Waals surface area contributed by atoms with Crippen LogP contribution < -0.4 is 5.32 Å². The van der Waals surface area contributed by atoms with Crippen molar-refractivity contribution in [3.05, 3.63) is 36.2 Å². The molecule has 1 aliphatic rings. The lowest BCUT2D eigenvalue weighted by Crippen LogP contribution is -2.41. The van der Waals surface area contributed by atoms with Crippen molar-refractivity contribution in [2.75, 3.05) is 13.2 Å². The number of rotatable bonds is 5. The van der Waals surface area contributed by atoms with Gasteiger partial charge in [0.2, 0.25) is 0 Å². The van der Waals surface area contributed by atoms with Gasteiger partial charge in [0.15, 0.2) is 5.82 Å². The lowest BCUT2D eigenvalue weighted by molar-refractivity contribution is -0.0510. The van der Waals surface area contributed by atoms with Gasteiger partial charge in [-0.25, -0.2) is 4.98 Å². The zero-order valence-corrected chi connectivity index (χ0v) is 14.2. The SMILES string of the molecule is CC(C)C1OCCCC1CNC(=O)c1ccc(-c2ncn[nH]2)cc1. The van der Waals surface area contributed by atoms with Crippen molar-refractivity contribution < 1.29 is 9.53 Å². The number of aromatic nitrogens is 3. The normalized spacial score (nSPS) is 21.0. The molecule has 128 valence electrons. The van der Waals surface area contributed by atoms with E-state index < -0.39 is 0 Å². The third kappa shape index (κ3) is 3.82. The molecule has 1 aromatic carbocycles. The largest absolute Gasteiger partial charge is 0.378 e. The van der Waals surface area contributed by atoms with Gasteiger partial charge in [0, 0.05) is 30.2 Å². The summed E-state index contributed by atoms with van der Waals surface area (Å²) in [6.07, 6.45) is 3.86. The van der Waals surface area contributed by atoms with Crippen molar-refractivity contribution in [2.24, 2.45) is 11.8 Å². The van der Waals surface area contributed by atoms with E-state index in [2.05, 4.69) is 34.3 Å². The number of nitrogens with zero attached hydrogens (tertiary/aromatic N) is 2. The van der Waals surface area contributed by atoms with Gasteiger partial charge >= 0.3 is 0 Å². The van der Waals surface area contributed by atoms with Gasteiger partial charge in [-0.3, -0.25) is 9.89 Å². The molecule has 0 aliphatic carbocycles. The summed E-state index contributed by atoms with van der Waals surface area (Å²) in [6.45, 7) is 5.84. The van der Waals surface area contributed by atoms with Gasteiger partial charge in [-0.1, -0.05) is 26.0 Å². The average molecular weight is 328 g/mol. The topological polar surface area (TPSA) is 79.9 Å². The Labute approximate surface area is 142 Å². The first-order chi connectivity index (χ1) is 11.6. The van der Waals surface area contributed by atoms with Crippen LogP contribution in [-0.2, 0) is 4.74 Å². The summed E-state index contributed by atoms with van der Waals surface area (Å²) >= 11 is 0. The van der Waals surface area contributed by atoms with Crippen molar-refractivity contribution in [2.45, 2.75) is 32.8 Å². The molecule has 6 nitrogen and oxygen atoms in total. The summed E-state index contributed by atoms with van der Waals surface area (Å²) in [6, 6.07) is 7.36. The molecule has 24 heavy (non-hydrogen) atoms. The summed E-state index contributed by atoms with van der Waals surface area (Å²) in [5.74, 6) is 1.50. The first kappa shape index (κ1) is 16.6. The number of nitrogens with one attached hydrogen (secondary N) is 2. The van der Waals surface area contributed by atoms with E-state index >= 15 is 0 Å². The van der Waals surface area contributed by atoms with Crippen LogP contribution in [0.25, 0.3) is 11.4 Å². The van der Waals surface area contributed by atoms with E-state index in [1.165, 1.54) is 6.33 Å². The fourth-order valence-corrected chi connectivity index (χ4v) is 3.27. The van der Waals surface area contributed by atoms with Crippen LogP contribution in [0.5, 0.6) is 0 Å². The molecular weight excluding hydrogens is 304 g/mol. The van der Waals surface area contributed by atoms with Crippen LogP contribution in [-0.4, -0.2) is 40.3 Å². The van der Waals surface area contributed by atoms with Gasteiger partial charge in [-0.15, -0.1) is 0 Å². The summed E-state index contributed by atoms with van der Waals surface area (Å²) in [5, 5.41) is 9.69. The quantitative estimate of drug-likeness (QED) is 0.884. The molecule has 0 saturated carbocycles. The van der Waals surface area contributed by atoms with Crippen LogP contribution >= 0.6 is 0 Å². The molecule has 3 rings (SSSR count). The summed E-state index contributed by atoms with van der Waals surface area (Å²) in [5.41, 5.74) is 1.56. The van der Waals surface area contributed by atoms with E-state index in [1.807, 2.05) is 24.3 Å². The van der Waals surface area contributed by atoms with E-state index in [9.17, 15) is 4.79 Å². The van der Waals surface area contributed by atoms with Gasteiger partial charge < -0.3 is 10.1 Å². The number of amides is 1. The van der Waals surface area contributed by atoms with Crippen molar-refractivity contribution in [1.29, 1.82) is 0 Å². The van der Waals surface area contributed by atoms with Gasteiger partial charge in [0.25, 0.3) is 5.91 Å². The van der Waals surface area contributed by atoms with Gasteiger partial charge in [0.1, 0.15) is 6.33 Å². The van der Waals surface area contributed by atoms with E-state index in [1.54, 1.807) is 0 Å². The lowest BCUT2D eigenvalue weighted by atomic mass is 9.87. The number of aromatic amines is 1. The minimum Gasteiger partial charge on any atom is -0.378 e. The van der Waals surface area contributed by atoms with E-state index in [-0.39, 0.29) is 12.0 Å². The van der Waals surface area contributed by atoms with Crippen LogP contribution in [0.15, 0.2) is 30.6 Å². The van der Waals surface area contributed by atoms with Crippen LogP contribution in [0.4, 0.5) is 0 Å². The Hall–Kier alpha value is -2.21. The number of hydrogen-bond donors (Lipinski definition) is 2. The lowest BCUT2D eigenvalue weighted by Gasteiger charge is -2.34. The van der Waals surface area contributed by atoms with Gasteiger partial charge in [0.05, 0.1) is 6.10 Å². The number of carbonyl (C=O) groups excluding carboxylic acids is 1. The predicted molar refractivity (Wildman–Crippen MR) is 91.5 cm³/mol. The Morgan fingerprint density at radius 3 is 2.83 bits per heavy atom. The van der Waals surface area contributed by atoms with Crippen LogP contribution in [0.1, 0.15) is 37.0 Å². The monoisotopic (exact) mass is 328 g/mol. The summed E-state index contributed by atoms with van der Waals surface area (Å²) in [7, 11) is 0. The molecule has 6 heteroatoms. The Morgan fingerprint density at radius 1 is 1.38 bits per heavy atom. The Balaban J connectivity index is 1.58. The predicted octanol–water partition coefficient (Wildman–Crippen LogP) is 2.65. The highest BCUT2D eigenvalue weighted by atomic mass is 16.5.